The van der Waals surface area contributed by atoms with Gasteiger partial charge in [0, 0.05) is 55.7 Å². The van der Waals surface area contributed by atoms with Crippen molar-refractivity contribution in [1.82, 2.24) is 14.5 Å². The van der Waals surface area contributed by atoms with Gasteiger partial charge in [-0.2, -0.15) is 5.26 Å². The summed E-state index contributed by atoms with van der Waals surface area (Å²) in [6, 6.07) is 20.1. The first-order valence-electron chi connectivity index (χ1n) is 9.27. The third-order valence-corrected chi connectivity index (χ3v) is 4.98. The number of nitrogens with zero attached hydrogens (tertiary/aromatic N) is 5. The molecular weight excluding hydrogens is 346 g/mol. The van der Waals surface area contributed by atoms with E-state index in [9.17, 15) is 0 Å². The molecule has 0 aliphatic carbocycles. The number of hydrogen-bond acceptors (Lipinski definition) is 4. The summed E-state index contributed by atoms with van der Waals surface area (Å²) >= 11 is 0. The number of likely N-dealkylation sites (N-methyl/N-ethyl adjacent to an activating group) is 1. The van der Waals surface area contributed by atoms with Gasteiger partial charge in [-0.3, -0.25) is 4.98 Å². The minimum atomic E-state index is 0.681. The van der Waals surface area contributed by atoms with Crippen LogP contribution in [0.15, 0.2) is 73.3 Å². The lowest BCUT2D eigenvalue weighted by molar-refractivity contribution is 0.724. The molecule has 4 aromatic rings. The maximum Gasteiger partial charge on any atom is 0.0991 e. The van der Waals surface area contributed by atoms with Crippen molar-refractivity contribution in [2.75, 3.05) is 18.5 Å². The molecule has 2 heterocycles. The van der Waals surface area contributed by atoms with Crippen LogP contribution < -0.4 is 4.90 Å². The molecule has 0 atom stereocenters. The fourth-order valence-corrected chi connectivity index (χ4v) is 3.40. The van der Waals surface area contributed by atoms with Crippen LogP contribution in [-0.2, 0) is 13.0 Å². The van der Waals surface area contributed by atoms with Gasteiger partial charge in [-0.25, -0.2) is 4.98 Å². The fraction of sp³-hybridized carbons (Fsp3) is 0.174. The van der Waals surface area contributed by atoms with E-state index < -0.39 is 0 Å². The highest BCUT2D eigenvalue weighted by atomic mass is 15.1. The Morgan fingerprint density at radius 1 is 1.07 bits per heavy atom. The molecule has 0 saturated carbocycles. The summed E-state index contributed by atoms with van der Waals surface area (Å²) in [6.45, 7) is 1.63. The van der Waals surface area contributed by atoms with Crippen molar-refractivity contribution < 1.29 is 0 Å². The van der Waals surface area contributed by atoms with Crippen molar-refractivity contribution >= 4 is 16.6 Å². The second kappa shape index (κ2) is 7.93. The van der Waals surface area contributed by atoms with Crippen LogP contribution in [0.2, 0.25) is 0 Å². The van der Waals surface area contributed by atoms with Crippen LogP contribution in [0.5, 0.6) is 0 Å². The summed E-state index contributed by atoms with van der Waals surface area (Å²) in [4.78, 5) is 11.0. The summed E-state index contributed by atoms with van der Waals surface area (Å²) in [5, 5.41) is 10.1. The van der Waals surface area contributed by atoms with Crippen molar-refractivity contribution in [3.05, 3.63) is 90.1 Å². The van der Waals surface area contributed by atoms with Gasteiger partial charge in [-0.05, 0) is 29.8 Å². The average molecular weight is 367 g/mol. The number of fused-ring (bicyclic) bond motifs is 1. The van der Waals surface area contributed by atoms with Crippen molar-refractivity contribution in [1.29, 1.82) is 5.26 Å². The summed E-state index contributed by atoms with van der Waals surface area (Å²) in [5.41, 5.74) is 5.23. The Hall–Kier alpha value is -3.65. The van der Waals surface area contributed by atoms with Crippen molar-refractivity contribution in [3.8, 4) is 6.07 Å². The zero-order chi connectivity index (χ0) is 19.3. The Morgan fingerprint density at radius 2 is 1.89 bits per heavy atom. The van der Waals surface area contributed by atoms with Gasteiger partial charge in [-0.1, -0.05) is 30.3 Å². The maximum atomic E-state index is 8.94. The van der Waals surface area contributed by atoms with Crippen molar-refractivity contribution in [2.24, 2.45) is 0 Å². The van der Waals surface area contributed by atoms with Crippen LogP contribution >= 0.6 is 0 Å². The zero-order valence-electron chi connectivity index (χ0n) is 15.8. The maximum absolute atomic E-state index is 8.94. The molecule has 5 nitrogen and oxygen atoms in total. The standard InChI is InChI=1S/C23H21N5/c1-27(23-10-12-26-22-5-3-2-4-21(22)23)13-11-20-15-25-17-28(20)16-19-8-6-18(14-24)7-9-19/h2-10,12,15,17H,11,13,16H2,1H3. The smallest absolute Gasteiger partial charge is 0.0991 e. The van der Waals surface area contributed by atoms with Crippen molar-refractivity contribution in [3.63, 3.8) is 0 Å². The van der Waals surface area contributed by atoms with E-state index in [-0.39, 0.29) is 0 Å². The van der Waals surface area contributed by atoms with Gasteiger partial charge in [-0.15, -0.1) is 0 Å². The Balaban J connectivity index is 1.46. The number of aromatic nitrogens is 3. The van der Waals surface area contributed by atoms with Gasteiger partial charge in [0.1, 0.15) is 0 Å². The van der Waals surface area contributed by atoms with Crippen LogP contribution in [0.25, 0.3) is 10.9 Å². The number of para-hydroxylation sites is 1. The molecule has 2 aromatic carbocycles. The largest absolute Gasteiger partial charge is 0.374 e. The molecule has 0 amide bonds. The van der Waals surface area contributed by atoms with Crippen molar-refractivity contribution in [2.45, 2.75) is 13.0 Å². The van der Waals surface area contributed by atoms with Gasteiger partial charge in [0.05, 0.1) is 23.5 Å². The number of imidazole rings is 1. The quantitative estimate of drug-likeness (QED) is 0.516. The summed E-state index contributed by atoms with van der Waals surface area (Å²) in [6.07, 6.45) is 6.56. The van der Waals surface area contributed by atoms with Crippen LogP contribution in [0.1, 0.15) is 16.8 Å². The average Bonchev–Trinajstić information content (AvgIpc) is 3.19. The third kappa shape index (κ3) is 3.72. The molecule has 0 N–H and O–H groups in total. The number of rotatable bonds is 6. The second-order valence-corrected chi connectivity index (χ2v) is 6.84. The summed E-state index contributed by atoms with van der Waals surface area (Å²) < 4.78 is 2.17. The first-order valence-corrected chi connectivity index (χ1v) is 9.27. The lowest BCUT2D eigenvalue weighted by Gasteiger charge is -2.21. The highest BCUT2D eigenvalue weighted by molar-refractivity contribution is 5.91. The highest BCUT2D eigenvalue weighted by Gasteiger charge is 2.09. The molecule has 2 aromatic heterocycles. The Kier molecular flexibility index (Phi) is 5.03. The topological polar surface area (TPSA) is 57.7 Å². The van der Waals surface area contributed by atoms with E-state index >= 15 is 0 Å². The van der Waals surface area contributed by atoms with Gasteiger partial charge in [0.15, 0.2) is 0 Å². The fourth-order valence-electron chi connectivity index (χ4n) is 3.40. The molecule has 0 aliphatic heterocycles. The molecule has 0 unspecified atom stereocenters. The molecule has 0 spiro atoms. The van der Waals surface area contributed by atoms with Crippen LogP contribution in [0.4, 0.5) is 5.69 Å². The molecule has 0 aliphatic rings. The Bertz CT molecular complexity index is 1120. The van der Waals surface area contributed by atoms with E-state index in [1.807, 2.05) is 61.2 Å². The second-order valence-electron chi connectivity index (χ2n) is 6.84. The lowest BCUT2D eigenvalue weighted by atomic mass is 10.1. The van der Waals surface area contributed by atoms with E-state index in [0.717, 1.165) is 30.6 Å². The molecule has 0 saturated heterocycles. The van der Waals surface area contributed by atoms with E-state index in [1.54, 1.807) is 0 Å². The van der Waals surface area contributed by atoms with Gasteiger partial charge >= 0.3 is 0 Å². The molecule has 0 radical (unpaired) electrons. The first-order chi connectivity index (χ1) is 13.7. The van der Waals surface area contributed by atoms with Crippen LogP contribution in [0, 0.1) is 11.3 Å². The lowest BCUT2D eigenvalue weighted by Crippen LogP contribution is -2.21. The van der Waals surface area contributed by atoms with Crippen LogP contribution in [0.3, 0.4) is 0 Å². The molecule has 0 fully saturated rings. The minimum Gasteiger partial charge on any atom is -0.374 e. The van der Waals surface area contributed by atoms with E-state index in [2.05, 4.69) is 44.7 Å². The Labute approximate surface area is 164 Å². The highest BCUT2D eigenvalue weighted by Crippen LogP contribution is 2.24. The predicted octanol–water partition coefficient (Wildman–Crippen LogP) is 4.03. The normalized spacial score (nSPS) is 10.7. The van der Waals surface area contributed by atoms with E-state index in [1.165, 1.54) is 16.8 Å². The van der Waals surface area contributed by atoms with Gasteiger partial charge in [0.25, 0.3) is 0 Å². The Morgan fingerprint density at radius 3 is 2.71 bits per heavy atom. The van der Waals surface area contributed by atoms with E-state index in [0.29, 0.717) is 5.56 Å². The minimum absolute atomic E-state index is 0.681. The molecule has 138 valence electrons. The number of anilines is 1. The number of hydrogen-bond donors (Lipinski definition) is 0. The number of benzene rings is 2. The zero-order valence-corrected chi connectivity index (χ0v) is 15.8. The molecule has 5 heteroatoms. The molecule has 0 bridgehead atoms. The summed E-state index contributed by atoms with van der Waals surface area (Å²) in [5.74, 6) is 0. The molecule has 28 heavy (non-hydrogen) atoms. The summed E-state index contributed by atoms with van der Waals surface area (Å²) in [7, 11) is 2.11. The number of pyridine rings is 1. The number of nitriles is 1. The molecular formula is C23H21N5. The predicted molar refractivity (Wildman–Crippen MR) is 111 cm³/mol. The monoisotopic (exact) mass is 367 g/mol. The van der Waals surface area contributed by atoms with Gasteiger partial charge < -0.3 is 9.47 Å². The SMILES string of the molecule is CN(CCc1cncn1Cc1ccc(C#N)cc1)c1ccnc2ccccc12. The van der Waals surface area contributed by atoms with Gasteiger partial charge in [0.2, 0.25) is 0 Å². The first kappa shape index (κ1) is 17.7. The van der Waals surface area contributed by atoms with Crippen LogP contribution in [-0.4, -0.2) is 28.1 Å². The van der Waals surface area contributed by atoms with E-state index in [4.69, 9.17) is 5.26 Å². The molecule has 4 rings (SSSR count). The third-order valence-electron chi connectivity index (χ3n) is 4.98.